The second kappa shape index (κ2) is 10.1. The van der Waals surface area contributed by atoms with Crippen molar-refractivity contribution in [3.05, 3.63) is 108 Å². The fourth-order valence-electron chi connectivity index (χ4n) is 4.96. The fourth-order valence-corrected chi connectivity index (χ4v) is 4.96. The third-order valence-corrected chi connectivity index (χ3v) is 7.45. The van der Waals surface area contributed by atoms with E-state index < -0.39 is 6.09 Å². The molecule has 1 aromatic heterocycles. The van der Waals surface area contributed by atoms with Crippen molar-refractivity contribution in [2.24, 2.45) is 0 Å². The van der Waals surface area contributed by atoms with E-state index in [1.807, 2.05) is 44.2 Å². The van der Waals surface area contributed by atoms with Crippen LogP contribution in [-0.4, -0.2) is 15.9 Å². The standard InChI is InChI=1S/C32H33N3O2/c1-5-35-30(34-31(36)37-23(4)24-9-7-6-8-10-24)29(21-33-35)27-13-11-25(12-14-27)26-15-17-28(18-16-26)32(19-20-32)22(2)3/h6-18,21,23H,2,5,19-20H2,1,3-4H3,(H,34,36)/t23-/m1/s1. The number of benzene rings is 3. The van der Waals surface area contributed by atoms with Crippen molar-refractivity contribution in [1.82, 2.24) is 9.78 Å². The second-order valence-corrected chi connectivity index (χ2v) is 9.82. The summed E-state index contributed by atoms with van der Waals surface area (Å²) in [6.07, 6.45) is 3.30. The summed E-state index contributed by atoms with van der Waals surface area (Å²) in [6.45, 7) is 10.8. The van der Waals surface area contributed by atoms with Gasteiger partial charge in [0.15, 0.2) is 0 Å². The number of nitrogens with one attached hydrogen (secondary N) is 1. The van der Waals surface area contributed by atoms with E-state index in [2.05, 4.69) is 72.4 Å². The van der Waals surface area contributed by atoms with Gasteiger partial charge in [0, 0.05) is 17.5 Å². The highest BCUT2D eigenvalue weighted by molar-refractivity contribution is 5.90. The second-order valence-electron chi connectivity index (χ2n) is 9.82. The number of aryl methyl sites for hydroxylation is 1. The summed E-state index contributed by atoms with van der Waals surface area (Å²) in [5.74, 6) is 0.624. The largest absolute Gasteiger partial charge is 0.441 e. The Morgan fingerprint density at radius 2 is 1.59 bits per heavy atom. The van der Waals surface area contributed by atoms with E-state index in [0.29, 0.717) is 12.4 Å². The highest BCUT2D eigenvalue weighted by atomic mass is 16.6. The molecule has 0 aliphatic heterocycles. The molecule has 1 aliphatic carbocycles. The van der Waals surface area contributed by atoms with Crippen LogP contribution in [0.3, 0.4) is 0 Å². The first-order chi connectivity index (χ1) is 17.9. The average Bonchev–Trinajstić information content (AvgIpc) is 3.65. The number of amides is 1. The molecular weight excluding hydrogens is 458 g/mol. The van der Waals surface area contributed by atoms with E-state index >= 15 is 0 Å². The number of hydrogen-bond acceptors (Lipinski definition) is 3. The first-order valence-corrected chi connectivity index (χ1v) is 12.9. The van der Waals surface area contributed by atoms with Gasteiger partial charge in [0.1, 0.15) is 11.9 Å². The van der Waals surface area contributed by atoms with Crippen molar-refractivity contribution < 1.29 is 9.53 Å². The van der Waals surface area contributed by atoms with Gasteiger partial charge in [-0.1, -0.05) is 91.0 Å². The molecule has 5 rings (SSSR count). The van der Waals surface area contributed by atoms with Gasteiger partial charge < -0.3 is 4.74 Å². The minimum Gasteiger partial charge on any atom is -0.441 e. The number of nitrogens with zero attached hydrogens (tertiary/aromatic N) is 2. The maximum Gasteiger partial charge on any atom is 0.413 e. The maximum atomic E-state index is 12.7. The molecule has 1 atom stereocenters. The van der Waals surface area contributed by atoms with E-state index in [1.165, 1.54) is 29.5 Å². The molecule has 37 heavy (non-hydrogen) atoms. The van der Waals surface area contributed by atoms with Gasteiger partial charge in [-0.15, -0.1) is 0 Å². The third kappa shape index (κ3) is 4.94. The maximum absolute atomic E-state index is 12.7. The lowest BCUT2D eigenvalue weighted by Gasteiger charge is -2.16. The zero-order valence-corrected chi connectivity index (χ0v) is 21.7. The van der Waals surface area contributed by atoms with Crippen LogP contribution in [-0.2, 0) is 16.7 Å². The molecular formula is C32H33N3O2. The van der Waals surface area contributed by atoms with Crippen LogP contribution in [0.4, 0.5) is 10.6 Å². The lowest BCUT2D eigenvalue weighted by Crippen LogP contribution is -2.19. The Balaban J connectivity index is 1.32. The number of carbonyl (C=O) groups is 1. The van der Waals surface area contributed by atoms with Gasteiger partial charge in [0.25, 0.3) is 0 Å². The molecule has 0 spiro atoms. The van der Waals surface area contributed by atoms with E-state index in [9.17, 15) is 4.79 Å². The number of anilines is 1. The third-order valence-electron chi connectivity index (χ3n) is 7.45. The summed E-state index contributed by atoms with van der Waals surface area (Å²) in [4.78, 5) is 12.7. The lowest BCUT2D eigenvalue weighted by molar-refractivity contribution is 0.121. The molecule has 1 amide bonds. The molecule has 3 aromatic carbocycles. The number of carbonyl (C=O) groups excluding carboxylic acids is 1. The SMILES string of the molecule is C=C(C)C1(c2ccc(-c3ccc(-c4cnn(CC)c4NC(=O)O[C@H](C)c4ccccc4)cc3)cc2)CC1. The molecule has 5 nitrogen and oxygen atoms in total. The molecule has 1 aliphatic rings. The van der Waals surface area contributed by atoms with Gasteiger partial charge in [0.05, 0.1) is 6.20 Å². The van der Waals surface area contributed by atoms with Crippen LogP contribution in [0.25, 0.3) is 22.3 Å². The normalized spacial score (nSPS) is 14.6. The molecule has 5 heteroatoms. The average molecular weight is 492 g/mol. The molecule has 0 unspecified atom stereocenters. The summed E-state index contributed by atoms with van der Waals surface area (Å²) in [5.41, 5.74) is 7.88. The highest BCUT2D eigenvalue weighted by Gasteiger charge is 2.44. The number of aromatic nitrogens is 2. The van der Waals surface area contributed by atoms with Crippen LogP contribution < -0.4 is 5.32 Å². The Hall–Kier alpha value is -4.12. The topological polar surface area (TPSA) is 56.2 Å². The van der Waals surface area contributed by atoms with E-state index in [0.717, 1.165) is 22.3 Å². The van der Waals surface area contributed by atoms with E-state index in [-0.39, 0.29) is 11.5 Å². The Morgan fingerprint density at radius 3 is 2.16 bits per heavy atom. The molecule has 0 bridgehead atoms. The van der Waals surface area contributed by atoms with E-state index in [4.69, 9.17) is 4.74 Å². The molecule has 4 aromatic rings. The lowest BCUT2D eigenvalue weighted by atomic mass is 9.88. The minimum absolute atomic E-state index is 0.186. The van der Waals surface area contributed by atoms with Crippen molar-refractivity contribution >= 4 is 11.9 Å². The van der Waals surface area contributed by atoms with Crippen LogP contribution in [0.1, 0.15) is 50.8 Å². The van der Waals surface area contributed by atoms with Gasteiger partial charge in [-0.25, -0.2) is 9.48 Å². The van der Waals surface area contributed by atoms with Crippen LogP contribution >= 0.6 is 0 Å². The van der Waals surface area contributed by atoms with Crippen LogP contribution in [0.15, 0.2) is 97.2 Å². The molecule has 188 valence electrons. The summed E-state index contributed by atoms with van der Waals surface area (Å²) >= 11 is 0. The minimum atomic E-state index is -0.507. The van der Waals surface area contributed by atoms with Gasteiger partial charge in [-0.05, 0) is 61.4 Å². The van der Waals surface area contributed by atoms with Crippen LogP contribution in [0.2, 0.25) is 0 Å². The molecule has 1 saturated carbocycles. The van der Waals surface area contributed by atoms with Gasteiger partial charge in [-0.3, -0.25) is 5.32 Å². The molecule has 1 N–H and O–H groups in total. The zero-order chi connectivity index (χ0) is 26.0. The first kappa shape index (κ1) is 24.6. The van der Waals surface area contributed by atoms with Crippen LogP contribution in [0, 0.1) is 0 Å². The van der Waals surface area contributed by atoms with Crippen molar-refractivity contribution in [2.45, 2.75) is 51.7 Å². The molecule has 0 saturated heterocycles. The summed E-state index contributed by atoms with van der Waals surface area (Å²) in [7, 11) is 0. The monoisotopic (exact) mass is 491 g/mol. The van der Waals surface area contributed by atoms with Gasteiger partial charge in [-0.2, -0.15) is 5.10 Å². The Bertz CT molecular complexity index is 1400. The fraction of sp³-hybridized carbons (Fsp3) is 0.250. The van der Waals surface area contributed by atoms with Crippen molar-refractivity contribution in [3.63, 3.8) is 0 Å². The number of ether oxygens (including phenoxy) is 1. The molecule has 1 fully saturated rings. The van der Waals surface area contributed by atoms with Crippen LogP contribution in [0.5, 0.6) is 0 Å². The van der Waals surface area contributed by atoms with E-state index in [1.54, 1.807) is 10.9 Å². The quantitative estimate of drug-likeness (QED) is 0.253. The highest BCUT2D eigenvalue weighted by Crippen LogP contribution is 2.53. The summed E-state index contributed by atoms with van der Waals surface area (Å²) < 4.78 is 7.40. The number of allylic oxidation sites excluding steroid dienone is 1. The first-order valence-electron chi connectivity index (χ1n) is 12.9. The Labute approximate surface area is 218 Å². The van der Waals surface area contributed by atoms with Gasteiger partial charge in [0.2, 0.25) is 0 Å². The predicted octanol–water partition coefficient (Wildman–Crippen LogP) is 8.15. The Morgan fingerprint density at radius 1 is 1.00 bits per heavy atom. The zero-order valence-electron chi connectivity index (χ0n) is 21.7. The molecule has 1 heterocycles. The smallest absolute Gasteiger partial charge is 0.413 e. The van der Waals surface area contributed by atoms with Gasteiger partial charge >= 0.3 is 6.09 Å². The summed E-state index contributed by atoms with van der Waals surface area (Å²) in [5, 5.41) is 7.40. The number of rotatable bonds is 8. The summed E-state index contributed by atoms with van der Waals surface area (Å²) in [6, 6.07) is 26.9. The van der Waals surface area contributed by atoms with Crippen molar-refractivity contribution in [1.29, 1.82) is 0 Å². The van der Waals surface area contributed by atoms with Crippen molar-refractivity contribution in [3.8, 4) is 22.3 Å². The predicted molar refractivity (Wildman–Crippen MR) is 149 cm³/mol. The van der Waals surface area contributed by atoms with Crippen molar-refractivity contribution in [2.75, 3.05) is 5.32 Å². The number of hydrogen-bond donors (Lipinski definition) is 1. The molecule has 0 radical (unpaired) electrons. The Kier molecular flexibility index (Phi) is 6.70.